The molecule has 0 atom stereocenters. The molecule has 0 radical (unpaired) electrons. The Morgan fingerprint density at radius 1 is 1.11 bits per heavy atom. The van der Waals surface area contributed by atoms with Gasteiger partial charge in [0.2, 0.25) is 0 Å². The predicted octanol–water partition coefficient (Wildman–Crippen LogP) is 5.15. The van der Waals surface area contributed by atoms with E-state index in [4.69, 9.17) is 9.47 Å². The topological polar surface area (TPSA) is 68.7 Å². The first-order valence-electron chi connectivity index (χ1n) is 9.14. The summed E-state index contributed by atoms with van der Waals surface area (Å²) in [6.45, 7) is 6.85. The number of carboxylic acid groups (broad SMARTS) is 1. The van der Waals surface area contributed by atoms with Gasteiger partial charge in [-0.15, -0.1) is 11.3 Å². The first kappa shape index (κ1) is 19.9. The Morgan fingerprint density at radius 2 is 1.86 bits per heavy atom. The molecule has 3 aromatic rings. The van der Waals surface area contributed by atoms with Crippen molar-refractivity contribution in [2.45, 2.75) is 27.2 Å². The number of thiazole rings is 1. The molecule has 1 heterocycles. The Balaban J connectivity index is 1.64. The van der Waals surface area contributed by atoms with E-state index in [9.17, 15) is 9.90 Å². The normalized spacial score (nSPS) is 10.7. The van der Waals surface area contributed by atoms with Gasteiger partial charge in [0.25, 0.3) is 0 Å². The van der Waals surface area contributed by atoms with Crippen LogP contribution in [-0.2, 0) is 6.42 Å². The Kier molecular flexibility index (Phi) is 6.31. The Bertz CT molecular complexity index is 980. The van der Waals surface area contributed by atoms with Gasteiger partial charge in [-0.05, 0) is 49.6 Å². The summed E-state index contributed by atoms with van der Waals surface area (Å²) in [4.78, 5) is 16.1. The van der Waals surface area contributed by atoms with Crippen molar-refractivity contribution in [3.63, 3.8) is 0 Å². The molecule has 0 aliphatic carbocycles. The number of rotatable bonds is 8. The van der Waals surface area contributed by atoms with Crippen LogP contribution >= 0.6 is 11.3 Å². The third-order valence-electron chi connectivity index (χ3n) is 4.47. The van der Waals surface area contributed by atoms with Crippen molar-refractivity contribution in [1.82, 2.24) is 4.98 Å². The number of carbonyl (C=O) groups is 1. The second-order valence-corrected chi connectivity index (χ2v) is 7.38. The molecule has 0 aliphatic rings. The first-order chi connectivity index (χ1) is 13.5. The molecule has 0 saturated heterocycles. The lowest BCUT2D eigenvalue weighted by molar-refractivity contribution is 0.0701. The summed E-state index contributed by atoms with van der Waals surface area (Å²) in [6, 6.07) is 13.5. The minimum Gasteiger partial charge on any atom is -0.490 e. The highest BCUT2D eigenvalue weighted by atomic mass is 32.1. The van der Waals surface area contributed by atoms with E-state index in [0.29, 0.717) is 41.0 Å². The quantitative estimate of drug-likeness (QED) is 0.533. The van der Waals surface area contributed by atoms with Gasteiger partial charge in [-0.2, -0.15) is 0 Å². The molecule has 6 heteroatoms. The predicted molar refractivity (Wildman–Crippen MR) is 111 cm³/mol. The molecule has 0 amide bonds. The number of carboxylic acids is 1. The fraction of sp³-hybridized carbons (Fsp3) is 0.273. The summed E-state index contributed by atoms with van der Waals surface area (Å²) in [7, 11) is 0. The van der Waals surface area contributed by atoms with Gasteiger partial charge in [0, 0.05) is 5.56 Å². The number of ether oxygens (including phenoxy) is 2. The van der Waals surface area contributed by atoms with Gasteiger partial charge in [-0.25, -0.2) is 9.78 Å². The van der Waals surface area contributed by atoms with Gasteiger partial charge in [-0.1, -0.05) is 31.2 Å². The zero-order valence-electron chi connectivity index (χ0n) is 16.2. The number of hydrogen-bond acceptors (Lipinski definition) is 5. The van der Waals surface area contributed by atoms with E-state index < -0.39 is 5.97 Å². The SMILES string of the molecule is CCc1nc(-c2cccc(OCCOc3cccc(C)c3C)c2)sc1C(=O)O. The number of hydrogen-bond donors (Lipinski definition) is 1. The Morgan fingerprint density at radius 3 is 2.57 bits per heavy atom. The largest absolute Gasteiger partial charge is 0.490 e. The molecule has 2 aromatic carbocycles. The average Bonchev–Trinajstić information content (AvgIpc) is 3.13. The first-order valence-corrected chi connectivity index (χ1v) is 9.96. The van der Waals surface area contributed by atoms with Crippen LogP contribution in [0.15, 0.2) is 42.5 Å². The van der Waals surface area contributed by atoms with E-state index in [0.717, 1.165) is 16.9 Å². The van der Waals surface area contributed by atoms with Crippen molar-refractivity contribution in [3.8, 4) is 22.1 Å². The van der Waals surface area contributed by atoms with Gasteiger partial charge >= 0.3 is 5.97 Å². The second-order valence-electron chi connectivity index (χ2n) is 6.38. The van der Waals surface area contributed by atoms with Gasteiger partial charge < -0.3 is 14.6 Å². The van der Waals surface area contributed by atoms with Crippen LogP contribution in [0.25, 0.3) is 10.6 Å². The van der Waals surface area contributed by atoms with Gasteiger partial charge in [0.05, 0.1) is 5.69 Å². The highest BCUT2D eigenvalue weighted by molar-refractivity contribution is 7.17. The molecule has 5 nitrogen and oxygen atoms in total. The molecule has 146 valence electrons. The van der Waals surface area contributed by atoms with E-state index in [2.05, 4.69) is 18.0 Å². The van der Waals surface area contributed by atoms with Crippen LogP contribution < -0.4 is 9.47 Å². The third-order valence-corrected chi connectivity index (χ3v) is 5.61. The number of benzene rings is 2. The third kappa shape index (κ3) is 4.51. The maximum absolute atomic E-state index is 11.4. The van der Waals surface area contributed by atoms with Crippen molar-refractivity contribution in [3.05, 3.63) is 64.2 Å². The second kappa shape index (κ2) is 8.89. The minimum absolute atomic E-state index is 0.297. The molecule has 0 saturated carbocycles. The van der Waals surface area contributed by atoms with E-state index in [-0.39, 0.29) is 0 Å². The fourth-order valence-corrected chi connectivity index (χ4v) is 3.78. The molecule has 1 aromatic heterocycles. The molecular formula is C22H23NO4S. The summed E-state index contributed by atoms with van der Waals surface area (Å²) in [6.07, 6.45) is 0.587. The van der Waals surface area contributed by atoms with Crippen LogP contribution in [0.1, 0.15) is 33.4 Å². The number of aromatic carboxylic acids is 1. The lowest BCUT2D eigenvalue weighted by Gasteiger charge is -2.12. The van der Waals surface area contributed by atoms with Crippen LogP contribution in [0.4, 0.5) is 0 Å². The molecule has 1 N–H and O–H groups in total. The van der Waals surface area contributed by atoms with E-state index in [1.165, 1.54) is 16.9 Å². The molecule has 0 spiro atoms. The summed E-state index contributed by atoms with van der Waals surface area (Å²) in [5.74, 6) is 0.636. The lowest BCUT2D eigenvalue weighted by atomic mass is 10.1. The van der Waals surface area contributed by atoms with Crippen LogP contribution in [-0.4, -0.2) is 29.3 Å². The average molecular weight is 397 g/mol. The monoisotopic (exact) mass is 397 g/mol. The number of aryl methyl sites for hydroxylation is 2. The molecule has 28 heavy (non-hydrogen) atoms. The van der Waals surface area contributed by atoms with Crippen LogP contribution in [0.3, 0.4) is 0 Å². The summed E-state index contributed by atoms with van der Waals surface area (Å²) < 4.78 is 11.6. The van der Waals surface area contributed by atoms with Crippen LogP contribution in [0, 0.1) is 13.8 Å². The van der Waals surface area contributed by atoms with Gasteiger partial charge in [0.1, 0.15) is 34.6 Å². The van der Waals surface area contributed by atoms with Gasteiger partial charge in [-0.3, -0.25) is 0 Å². The molecule has 0 unspecified atom stereocenters. The highest BCUT2D eigenvalue weighted by Gasteiger charge is 2.17. The summed E-state index contributed by atoms with van der Waals surface area (Å²) in [5.41, 5.74) is 3.79. The van der Waals surface area contributed by atoms with Crippen molar-refractivity contribution in [2.75, 3.05) is 13.2 Å². The van der Waals surface area contributed by atoms with Crippen molar-refractivity contribution in [2.24, 2.45) is 0 Å². The van der Waals surface area contributed by atoms with Crippen molar-refractivity contribution < 1.29 is 19.4 Å². The van der Waals surface area contributed by atoms with Crippen LogP contribution in [0.5, 0.6) is 11.5 Å². The smallest absolute Gasteiger partial charge is 0.347 e. The zero-order chi connectivity index (χ0) is 20.1. The molecule has 0 fully saturated rings. The molecular weight excluding hydrogens is 374 g/mol. The van der Waals surface area contributed by atoms with Crippen LogP contribution in [0.2, 0.25) is 0 Å². The molecule has 3 rings (SSSR count). The molecule has 0 aliphatic heterocycles. The molecule has 0 bridgehead atoms. The Labute approximate surface area is 168 Å². The maximum atomic E-state index is 11.4. The Hall–Kier alpha value is -2.86. The lowest BCUT2D eigenvalue weighted by Crippen LogP contribution is -2.09. The van der Waals surface area contributed by atoms with E-state index >= 15 is 0 Å². The summed E-state index contributed by atoms with van der Waals surface area (Å²) >= 11 is 1.19. The number of nitrogens with zero attached hydrogens (tertiary/aromatic N) is 1. The van der Waals surface area contributed by atoms with Gasteiger partial charge in [0.15, 0.2) is 0 Å². The summed E-state index contributed by atoms with van der Waals surface area (Å²) in [5, 5.41) is 10.0. The minimum atomic E-state index is -0.934. The van der Waals surface area contributed by atoms with Crippen molar-refractivity contribution in [1.29, 1.82) is 0 Å². The number of aromatic nitrogens is 1. The van der Waals surface area contributed by atoms with E-state index in [1.807, 2.05) is 50.2 Å². The highest BCUT2D eigenvalue weighted by Crippen LogP contribution is 2.30. The maximum Gasteiger partial charge on any atom is 0.347 e. The van der Waals surface area contributed by atoms with E-state index in [1.54, 1.807) is 0 Å². The zero-order valence-corrected chi connectivity index (χ0v) is 17.0. The standard InChI is InChI=1S/C22H23NO4S/c1-4-18-20(22(24)25)28-21(23-18)16-8-6-9-17(13-16)26-11-12-27-19-10-5-7-14(2)15(19)3/h5-10,13H,4,11-12H2,1-3H3,(H,24,25). The fourth-order valence-electron chi connectivity index (χ4n) is 2.79. The van der Waals surface area contributed by atoms with Crippen molar-refractivity contribution >= 4 is 17.3 Å².